The Morgan fingerprint density at radius 3 is 0.248 bits per heavy atom. The molecule has 0 aliphatic heterocycles. The second-order valence-corrected chi connectivity index (χ2v) is 34.7. The molecule has 10 aliphatic rings. The lowest BCUT2D eigenvalue weighted by Gasteiger charge is -2.11. The Labute approximate surface area is 845 Å². The zero-order valence-corrected chi connectivity index (χ0v) is 80.8. The molecule has 0 atom stereocenters. The predicted molar refractivity (Wildman–Crippen MR) is 621 cm³/mol. The summed E-state index contributed by atoms with van der Waals surface area (Å²) in [4.78, 5) is 0. The molecule has 0 saturated carbocycles. The smallest absolute Gasteiger partial charge is 0.00763 e. The second kappa shape index (κ2) is 54.7. The monoisotopic (exact) mass is 1930 g/mol. The van der Waals surface area contributed by atoms with Crippen molar-refractivity contribution >= 4 is 168 Å². The van der Waals surface area contributed by atoms with E-state index in [1.807, 2.05) is 0 Å². The Hall–Kier alpha value is -16.2. The summed E-state index contributed by atoms with van der Waals surface area (Å²) in [5.41, 5.74) is 28.1. The first kappa shape index (κ1) is 118. The van der Waals surface area contributed by atoms with Gasteiger partial charge in [0.1, 0.15) is 0 Å². The normalized spacial score (nSPS) is 12.1. The molecule has 30 rings (SSSR count). The van der Waals surface area contributed by atoms with Gasteiger partial charge in [0.2, 0.25) is 0 Å². The average molecular weight is 1930 g/mol. The topological polar surface area (TPSA) is 472 Å². The first-order valence-corrected chi connectivity index (χ1v) is 46.2. The van der Waals surface area contributed by atoms with Gasteiger partial charge < -0.3 is 82.1 Å². The van der Waals surface area contributed by atoms with Crippen LogP contribution in [0.5, 0.6) is 0 Å². The maximum absolute atomic E-state index is 2.23. The maximum Gasteiger partial charge on any atom is -0.00763 e. The van der Waals surface area contributed by atoms with E-state index in [-0.39, 0.29) is 82.1 Å². The summed E-state index contributed by atoms with van der Waals surface area (Å²) < 4.78 is 0. The Balaban J connectivity index is 0.000000244. The Kier molecular flexibility index (Phi) is 44.3. The summed E-state index contributed by atoms with van der Waals surface area (Å²) in [6, 6.07) is 130. The van der Waals surface area contributed by atoms with Gasteiger partial charge in [-0.05, 0) is 283 Å². The van der Waals surface area contributed by atoms with Gasteiger partial charge in [-0.15, -0.1) is 0 Å². The second-order valence-electron chi connectivity index (χ2n) is 34.7. The molecule has 0 fully saturated rings. The van der Waals surface area contributed by atoms with Crippen LogP contribution in [-0.2, 0) is 64.2 Å². The van der Waals surface area contributed by atoms with Gasteiger partial charge in [0, 0.05) is 0 Å². The number of benzene rings is 20. The summed E-state index contributed by atoms with van der Waals surface area (Å²) in [7, 11) is 0. The number of hydrogen-bond donors (Lipinski definition) is 0. The Morgan fingerprint density at radius 2 is 0.166 bits per heavy atom. The van der Waals surface area contributed by atoms with E-state index in [4.69, 9.17) is 0 Å². The highest BCUT2D eigenvalue weighted by Crippen LogP contribution is 2.38. The molecule has 15 nitrogen and oxygen atoms in total. The average Bonchev–Trinajstić information content (AvgIpc) is 0.852. The van der Waals surface area contributed by atoms with Crippen molar-refractivity contribution in [3.8, 4) is 0 Å². The molecule has 0 spiro atoms. The predicted octanol–water partition coefficient (Wildman–Crippen LogP) is 21.7. The van der Waals surface area contributed by atoms with Gasteiger partial charge >= 0.3 is 0 Å². The van der Waals surface area contributed by atoms with Crippen molar-refractivity contribution in [2.45, 2.75) is 64.2 Å². The molecule has 0 aromatic heterocycles. The fraction of sp³-hybridized carbons (Fsp3) is 0.0769. The summed E-state index contributed by atoms with van der Waals surface area (Å²) in [6.45, 7) is 0. The standard InChI is InChI=1S/10C13H10.15H2O/c10*1-4-10-6-2-8-12-9-3-7-11(5-1)13(10)12;;;;;;;;;;;;;;;/h10*1-8H,9H2;15*1H2. The zero-order valence-electron chi connectivity index (χ0n) is 80.8. The highest BCUT2D eigenvalue weighted by atomic mass is 16.0. The van der Waals surface area contributed by atoms with E-state index in [0.29, 0.717) is 0 Å². The van der Waals surface area contributed by atoms with Crippen LogP contribution in [0.2, 0.25) is 0 Å². The van der Waals surface area contributed by atoms with Gasteiger partial charge in [0.25, 0.3) is 0 Å². The van der Waals surface area contributed by atoms with Crippen LogP contribution >= 0.6 is 0 Å². The van der Waals surface area contributed by atoms with Crippen LogP contribution in [0.1, 0.15) is 111 Å². The number of rotatable bonds is 0. The van der Waals surface area contributed by atoms with Gasteiger partial charge in [-0.25, -0.2) is 0 Å². The van der Waals surface area contributed by atoms with Gasteiger partial charge in [0.05, 0.1) is 0 Å². The molecule has 0 heterocycles. The maximum atomic E-state index is 2.23. The number of hydrogen-bond acceptors (Lipinski definition) is 0. The van der Waals surface area contributed by atoms with Gasteiger partial charge in [-0.3, -0.25) is 0 Å². The highest BCUT2D eigenvalue weighted by Gasteiger charge is 2.16. The number of allylic oxidation sites excluding steroid dienone is 10. The lowest BCUT2D eigenvalue weighted by Crippen LogP contribution is -1.91. The largest absolute Gasteiger partial charge is 0.412 e. The first-order valence-electron chi connectivity index (χ1n) is 46.2. The van der Waals surface area contributed by atoms with Crippen LogP contribution in [0.25, 0.3) is 168 Å². The third-order valence-electron chi connectivity index (χ3n) is 26.6. The van der Waals surface area contributed by atoms with Crippen LogP contribution < -0.4 is 0 Å². The molecule has 740 valence electrons. The molecular formula is C130H130O15. The summed E-state index contributed by atoms with van der Waals surface area (Å²) in [5.74, 6) is 0. The fourth-order valence-electron chi connectivity index (χ4n) is 20.7. The lowest BCUT2D eigenvalue weighted by molar-refractivity contribution is 0.823. The zero-order chi connectivity index (χ0) is 86.7. The van der Waals surface area contributed by atoms with Crippen molar-refractivity contribution in [2.75, 3.05) is 0 Å². The summed E-state index contributed by atoms with van der Waals surface area (Å²) >= 11 is 0. The quantitative estimate of drug-likeness (QED) is 0.137. The fourth-order valence-corrected chi connectivity index (χ4v) is 20.7. The third kappa shape index (κ3) is 25.1. The SMILES string of the molecule is C1=Cc2cccc3cccc(c23)C1.C1=Cc2cccc3cccc(c23)C1.C1=Cc2cccc3cccc(c23)C1.C1=Cc2cccc3cccc(c23)C1.C1=Cc2cccc3cccc(c23)C1.C1=Cc2cccc3cccc(c23)C1.C1=Cc2cccc3cccc(c23)C1.C1=Cc2cccc3cccc(c23)C1.C1=Cc2cccc3cccc(c23)C1.C1=Cc2cccc3cccc(c23)C1.O.O.O.O.O.O.O.O.O.O.O.O.O.O.O. The summed E-state index contributed by atoms with van der Waals surface area (Å²) in [6.07, 6.45) is 55.3. The molecule has 30 N–H and O–H groups in total. The minimum atomic E-state index is 0. The van der Waals surface area contributed by atoms with E-state index in [0.717, 1.165) is 64.2 Å². The molecule has 20 aromatic carbocycles. The van der Waals surface area contributed by atoms with Crippen LogP contribution in [0.3, 0.4) is 0 Å². The Morgan fingerprint density at radius 1 is 0.0897 bits per heavy atom. The van der Waals surface area contributed by atoms with Crippen LogP contribution in [0, 0.1) is 0 Å². The molecule has 10 aliphatic carbocycles. The van der Waals surface area contributed by atoms with E-state index in [9.17, 15) is 0 Å². The van der Waals surface area contributed by atoms with Crippen LogP contribution in [-0.4, -0.2) is 82.1 Å². The van der Waals surface area contributed by atoms with Crippen molar-refractivity contribution in [2.24, 2.45) is 0 Å². The minimum Gasteiger partial charge on any atom is -0.412 e. The van der Waals surface area contributed by atoms with Gasteiger partial charge in [-0.1, -0.05) is 486 Å². The van der Waals surface area contributed by atoms with E-state index in [1.54, 1.807) is 0 Å². The molecule has 0 bridgehead atoms. The van der Waals surface area contributed by atoms with Crippen molar-refractivity contribution in [3.05, 3.63) is 536 Å². The van der Waals surface area contributed by atoms with Gasteiger partial charge in [-0.2, -0.15) is 0 Å². The molecule has 0 amide bonds. The van der Waals surface area contributed by atoms with E-state index in [1.165, 1.54) is 219 Å². The lowest BCUT2D eigenvalue weighted by atomic mass is 9.93. The molecule has 15 heteroatoms. The van der Waals surface area contributed by atoms with E-state index < -0.39 is 0 Å². The molecule has 0 radical (unpaired) electrons. The van der Waals surface area contributed by atoms with Crippen LogP contribution in [0.15, 0.2) is 425 Å². The van der Waals surface area contributed by atoms with Crippen molar-refractivity contribution in [3.63, 3.8) is 0 Å². The van der Waals surface area contributed by atoms with Crippen molar-refractivity contribution in [1.82, 2.24) is 0 Å². The van der Waals surface area contributed by atoms with Crippen molar-refractivity contribution < 1.29 is 82.1 Å². The van der Waals surface area contributed by atoms with Crippen LogP contribution in [0.4, 0.5) is 0 Å². The highest BCUT2D eigenvalue weighted by molar-refractivity contribution is 6.03. The molecule has 0 saturated heterocycles. The Bertz CT molecular complexity index is 6520. The first-order chi connectivity index (χ1) is 64.5. The van der Waals surface area contributed by atoms with Gasteiger partial charge in [0.15, 0.2) is 0 Å². The molecule has 145 heavy (non-hydrogen) atoms. The minimum absolute atomic E-state index is 0. The van der Waals surface area contributed by atoms with E-state index in [2.05, 4.69) is 486 Å². The van der Waals surface area contributed by atoms with Crippen molar-refractivity contribution in [1.29, 1.82) is 0 Å². The molecule has 20 aromatic rings. The van der Waals surface area contributed by atoms with E-state index >= 15 is 0 Å². The molecule has 0 unspecified atom stereocenters. The summed E-state index contributed by atoms with van der Waals surface area (Å²) in [5, 5.41) is 28.0. The molecular weight excluding hydrogens is 1800 g/mol. The third-order valence-corrected chi connectivity index (χ3v) is 26.6.